The molecule has 0 bridgehead atoms. The topological polar surface area (TPSA) is 50.2 Å². The van der Waals surface area contributed by atoms with Crippen molar-refractivity contribution in [2.75, 3.05) is 12.4 Å². The Hall–Kier alpha value is -2.92. The van der Waals surface area contributed by atoms with E-state index in [-0.39, 0.29) is 11.9 Å². The van der Waals surface area contributed by atoms with Crippen molar-refractivity contribution in [1.29, 1.82) is 0 Å². The Bertz CT molecular complexity index is 872. The fourth-order valence-electron chi connectivity index (χ4n) is 2.74. The van der Waals surface area contributed by atoms with Gasteiger partial charge in [-0.15, -0.1) is 0 Å². The van der Waals surface area contributed by atoms with Gasteiger partial charge in [-0.25, -0.2) is 4.68 Å². The highest BCUT2D eigenvalue weighted by molar-refractivity contribution is 5.95. The van der Waals surface area contributed by atoms with Crippen LogP contribution in [0.2, 0.25) is 0 Å². The van der Waals surface area contributed by atoms with Crippen LogP contribution < -0.4 is 5.32 Å². The minimum atomic E-state index is -0.255. The monoisotopic (exact) mass is 348 g/mol. The summed E-state index contributed by atoms with van der Waals surface area (Å²) >= 11 is 0. The second kappa shape index (κ2) is 7.97. The minimum Gasteiger partial charge on any atom is -0.324 e. The zero-order valence-electron chi connectivity index (χ0n) is 15.4. The average molecular weight is 348 g/mol. The Morgan fingerprint density at radius 2 is 1.85 bits per heavy atom. The molecule has 0 aliphatic heterocycles. The molecule has 0 aliphatic rings. The van der Waals surface area contributed by atoms with Crippen LogP contribution in [0.1, 0.15) is 18.1 Å². The molecule has 1 atom stereocenters. The van der Waals surface area contributed by atoms with Gasteiger partial charge in [-0.3, -0.25) is 9.69 Å². The van der Waals surface area contributed by atoms with E-state index in [4.69, 9.17) is 0 Å². The third-order valence-electron chi connectivity index (χ3n) is 4.53. The van der Waals surface area contributed by atoms with Gasteiger partial charge >= 0.3 is 0 Å². The van der Waals surface area contributed by atoms with Crippen molar-refractivity contribution in [3.05, 3.63) is 78.1 Å². The van der Waals surface area contributed by atoms with E-state index in [1.807, 2.05) is 97.5 Å². The summed E-state index contributed by atoms with van der Waals surface area (Å²) in [4.78, 5) is 14.6. The molecule has 0 aliphatic carbocycles. The standard InChI is InChI=1S/C21H24N4O/c1-16-9-7-8-12-20(16)23-21(26)17(2)24(3)14-18-13-22-25(15-18)19-10-5-4-6-11-19/h4-13,15,17H,14H2,1-3H3,(H,23,26)/t17-/m1/s1. The summed E-state index contributed by atoms with van der Waals surface area (Å²) in [6, 6.07) is 17.5. The zero-order valence-corrected chi connectivity index (χ0v) is 15.4. The maximum Gasteiger partial charge on any atom is 0.241 e. The van der Waals surface area contributed by atoms with Gasteiger partial charge in [0.05, 0.1) is 17.9 Å². The molecule has 26 heavy (non-hydrogen) atoms. The maximum absolute atomic E-state index is 12.5. The van der Waals surface area contributed by atoms with Crippen LogP contribution in [0.5, 0.6) is 0 Å². The number of anilines is 1. The lowest BCUT2D eigenvalue weighted by Gasteiger charge is -2.23. The fourth-order valence-corrected chi connectivity index (χ4v) is 2.74. The molecule has 5 nitrogen and oxygen atoms in total. The Labute approximate surface area is 154 Å². The van der Waals surface area contributed by atoms with E-state index in [0.717, 1.165) is 22.5 Å². The Morgan fingerprint density at radius 3 is 2.58 bits per heavy atom. The van der Waals surface area contributed by atoms with Crippen LogP contribution in [0.4, 0.5) is 5.69 Å². The fraction of sp³-hybridized carbons (Fsp3) is 0.238. The van der Waals surface area contributed by atoms with Crippen molar-refractivity contribution in [2.24, 2.45) is 0 Å². The number of hydrogen-bond donors (Lipinski definition) is 1. The maximum atomic E-state index is 12.5. The molecule has 3 rings (SSSR count). The van der Waals surface area contributed by atoms with Crippen LogP contribution in [0.3, 0.4) is 0 Å². The summed E-state index contributed by atoms with van der Waals surface area (Å²) in [5, 5.41) is 7.42. The first-order valence-electron chi connectivity index (χ1n) is 8.70. The number of rotatable bonds is 6. The van der Waals surface area contributed by atoms with E-state index in [1.165, 1.54) is 0 Å². The second-order valence-electron chi connectivity index (χ2n) is 6.52. The van der Waals surface area contributed by atoms with Crippen molar-refractivity contribution >= 4 is 11.6 Å². The Balaban J connectivity index is 1.62. The molecule has 1 amide bonds. The molecule has 1 heterocycles. The number of nitrogens with one attached hydrogen (secondary N) is 1. The lowest BCUT2D eigenvalue weighted by atomic mass is 10.2. The summed E-state index contributed by atoms with van der Waals surface area (Å²) in [6.07, 6.45) is 3.84. The molecule has 0 fully saturated rings. The molecule has 134 valence electrons. The summed E-state index contributed by atoms with van der Waals surface area (Å²) in [7, 11) is 1.95. The molecular formula is C21H24N4O. The molecular weight excluding hydrogens is 324 g/mol. The third kappa shape index (κ3) is 4.18. The number of amides is 1. The van der Waals surface area contributed by atoms with Crippen molar-refractivity contribution in [3.63, 3.8) is 0 Å². The quantitative estimate of drug-likeness (QED) is 0.740. The molecule has 3 aromatic rings. The van der Waals surface area contributed by atoms with Gasteiger partial charge in [-0.05, 0) is 44.7 Å². The van der Waals surface area contributed by atoms with Gasteiger partial charge < -0.3 is 5.32 Å². The first-order valence-corrected chi connectivity index (χ1v) is 8.70. The number of carbonyl (C=O) groups excluding carboxylic acids is 1. The van der Waals surface area contributed by atoms with Gasteiger partial charge in [0.2, 0.25) is 5.91 Å². The van der Waals surface area contributed by atoms with E-state index in [0.29, 0.717) is 6.54 Å². The van der Waals surface area contributed by atoms with Crippen LogP contribution in [-0.2, 0) is 11.3 Å². The first kappa shape index (κ1) is 17.9. The molecule has 1 N–H and O–H groups in total. The Kier molecular flexibility index (Phi) is 5.49. The normalized spacial score (nSPS) is 12.2. The summed E-state index contributed by atoms with van der Waals surface area (Å²) in [5.74, 6) is -0.0164. The van der Waals surface area contributed by atoms with Gasteiger partial charge in [-0.2, -0.15) is 5.10 Å². The van der Waals surface area contributed by atoms with Gasteiger partial charge in [0, 0.05) is 24.0 Å². The lowest BCUT2D eigenvalue weighted by Crippen LogP contribution is -2.39. The summed E-state index contributed by atoms with van der Waals surface area (Å²) < 4.78 is 1.85. The van der Waals surface area contributed by atoms with E-state index in [9.17, 15) is 4.79 Å². The summed E-state index contributed by atoms with van der Waals surface area (Å²) in [6.45, 7) is 4.55. The van der Waals surface area contributed by atoms with E-state index in [2.05, 4.69) is 10.4 Å². The molecule has 0 saturated heterocycles. The van der Waals surface area contributed by atoms with Crippen LogP contribution in [-0.4, -0.2) is 33.7 Å². The summed E-state index contributed by atoms with van der Waals surface area (Å²) in [5.41, 5.74) is 3.99. The average Bonchev–Trinajstić information content (AvgIpc) is 3.12. The number of hydrogen-bond acceptors (Lipinski definition) is 3. The molecule has 5 heteroatoms. The van der Waals surface area contributed by atoms with Crippen molar-refractivity contribution in [1.82, 2.24) is 14.7 Å². The molecule has 0 saturated carbocycles. The largest absolute Gasteiger partial charge is 0.324 e. The predicted octanol–water partition coefficient (Wildman–Crippen LogP) is 3.64. The van der Waals surface area contributed by atoms with Gasteiger partial charge in [0.1, 0.15) is 0 Å². The molecule has 0 radical (unpaired) electrons. The number of aryl methyl sites for hydroxylation is 1. The van der Waals surface area contributed by atoms with E-state index < -0.39 is 0 Å². The van der Waals surface area contributed by atoms with Crippen molar-refractivity contribution < 1.29 is 4.79 Å². The van der Waals surface area contributed by atoms with E-state index in [1.54, 1.807) is 0 Å². The number of carbonyl (C=O) groups is 1. The van der Waals surface area contributed by atoms with Crippen LogP contribution in [0, 0.1) is 6.92 Å². The van der Waals surface area contributed by atoms with Gasteiger partial charge in [0.15, 0.2) is 0 Å². The zero-order chi connectivity index (χ0) is 18.5. The SMILES string of the molecule is Cc1ccccc1NC(=O)[C@@H](C)N(C)Cc1cnn(-c2ccccc2)c1. The molecule has 1 aromatic heterocycles. The van der Waals surface area contributed by atoms with Crippen molar-refractivity contribution in [2.45, 2.75) is 26.4 Å². The van der Waals surface area contributed by atoms with Gasteiger partial charge in [-0.1, -0.05) is 36.4 Å². The van der Waals surface area contributed by atoms with Crippen LogP contribution >= 0.6 is 0 Å². The highest BCUT2D eigenvalue weighted by atomic mass is 16.2. The second-order valence-corrected chi connectivity index (χ2v) is 6.52. The highest BCUT2D eigenvalue weighted by Crippen LogP contribution is 2.15. The Morgan fingerprint density at radius 1 is 1.15 bits per heavy atom. The van der Waals surface area contributed by atoms with Crippen LogP contribution in [0.25, 0.3) is 5.69 Å². The molecule has 0 spiro atoms. The predicted molar refractivity (Wildman–Crippen MR) is 104 cm³/mol. The van der Waals surface area contributed by atoms with Crippen molar-refractivity contribution in [3.8, 4) is 5.69 Å². The molecule has 0 unspecified atom stereocenters. The van der Waals surface area contributed by atoms with Gasteiger partial charge in [0.25, 0.3) is 0 Å². The first-order chi connectivity index (χ1) is 12.5. The smallest absolute Gasteiger partial charge is 0.241 e. The number of para-hydroxylation sites is 2. The highest BCUT2D eigenvalue weighted by Gasteiger charge is 2.19. The van der Waals surface area contributed by atoms with Crippen LogP contribution in [0.15, 0.2) is 67.0 Å². The molecule has 2 aromatic carbocycles. The number of benzene rings is 2. The third-order valence-corrected chi connectivity index (χ3v) is 4.53. The number of aromatic nitrogens is 2. The number of nitrogens with zero attached hydrogens (tertiary/aromatic N) is 3. The minimum absolute atomic E-state index is 0.0164. The van der Waals surface area contributed by atoms with E-state index >= 15 is 0 Å². The lowest BCUT2D eigenvalue weighted by molar-refractivity contribution is -0.120. The number of likely N-dealkylation sites (N-methyl/N-ethyl adjacent to an activating group) is 1.